The highest BCUT2D eigenvalue weighted by molar-refractivity contribution is 5.79. The van der Waals surface area contributed by atoms with E-state index in [1.165, 1.54) is 5.56 Å². The summed E-state index contributed by atoms with van der Waals surface area (Å²) in [6.07, 6.45) is 1.24. The second-order valence-corrected chi connectivity index (χ2v) is 6.71. The Morgan fingerprint density at radius 3 is 2.20 bits per heavy atom. The van der Waals surface area contributed by atoms with Crippen LogP contribution in [0.4, 0.5) is 0 Å². The van der Waals surface area contributed by atoms with E-state index < -0.39 is 6.10 Å². The lowest BCUT2D eigenvalue weighted by Gasteiger charge is -2.33. The third-order valence-corrected chi connectivity index (χ3v) is 5.04. The Balaban J connectivity index is 1.55. The van der Waals surface area contributed by atoms with Crippen LogP contribution in [-0.2, 0) is 11.2 Å². The number of carbonyl (C=O) groups is 1. The number of hydrogen-bond acceptors (Lipinski definition) is 3. The van der Waals surface area contributed by atoms with Crippen molar-refractivity contribution in [2.45, 2.75) is 25.4 Å². The summed E-state index contributed by atoms with van der Waals surface area (Å²) in [7, 11) is 0. The molecule has 1 saturated heterocycles. The number of amides is 1. The fourth-order valence-electron chi connectivity index (χ4n) is 3.41. The molecule has 2 N–H and O–H groups in total. The number of benzene rings is 2. The summed E-state index contributed by atoms with van der Waals surface area (Å²) in [6, 6.07) is 18.3. The van der Waals surface area contributed by atoms with Gasteiger partial charge in [0.25, 0.3) is 0 Å². The Morgan fingerprint density at radius 1 is 1.00 bits per heavy atom. The minimum Gasteiger partial charge on any atom is -0.394 e. The predicted octanol–water partition coefficient (Wildman–Crippen LogP) is 2.49. The third-order valence-electron chi connectivity index (χ3n) is 5.04. The zero-order chi connectivity index (χ0) is 17.6. The highest BCUT2D eigenvalue weighted by Gasteiger charge is 2.26. The molecule has 2 aromatic carbocycles. The lowest BCUT2D eigenvalue weighted by molar-refractivity contribution is -0.132. The third kappa shape index (κ3) is 4.47. The monoisotopic (exact) mass is 339 g/mol. The van der Waals surface area contributed by atoms with Crippen molar-refractivity contribution in [1.29, 1.82) is 0 Å². The molecule has 1 atom stereocenters. The fourth-order valence-corrected chi connectivity index (χ4v) is 3.41. The van der Waals surface area contributed by atoms with Crippen LogP contribution < -0.4 is 0 Å². The molecule has 1 unspecified atom stereocenters. The number of hydrogen-bond donors (Lipinski definition) is 2. The predicted molar refractivity (Wildman–Crippen MR) is 98.0 cm³/mol. The number of likely N-dealkylation sites (tertiary alicyclic amines) is 1. The van der Waals surface area contributed by atoms with E-state index in [2.05, 4.69) is 24.3 Å². The molecule has 2 aromatic rings. The lowest BCUT2D eigenvalue weighted by atomic mass is 9.91. The zero-order valence-corrected chi connectivity index (χ0v) is 14.3. The molecule has 4 heteroatoms. The molecule has 0 saturated carbocycles. The lowest BCUT2D eigenvalue weighted by Crippen LogP contribution is -2.42. The van der Waals surface area contributed by atoms with Gasteiger partial charge in [0.15, 0.2) is 0 Å². The summed E-state index contributed by atoms with van der Waals surface area (Å²) in [5.74, 6) is 0.226. The quantitative estimate of drug-likeness (QED) is 0.880. The Kier molecular flexibility index (Phi) is 5.84. The van der Waals surface area contributed by atoms with E-state index in [1.54, 1.807) is 0 Å². The van der Waals surface area contributed by atoms with Gasteiger partial charge in [-0.25, -0.2) is 0 Å². The number of rotatable bonds is 5. The van der Waals surface area contributed by atoms with Crippen molar-refractivity contribution in [3.63, 3.8) is 0 Å². The van der Waals surface area contributed by atoms with Gasteiger partial charge in [-0.1, -0.05) is 54.6 Å². The van der Waals surface area contributed by atoms with E-state index in [1.807, 2.05) is 35.2 Å². The standard InChI is InChI=1S/C21H25NO3/c23-15-20(24)19-10-12-22(13-11-19)21(25)14-16-6-8-18(9-7-16)17-4-2-1-3-5-17/h1-9,19-20,23-24H,10-15H2. The molecule has 1 fully saturated rings. The molecule has 0 aromatic heterocycles. The van der Waals surface area contributed by atoms with Gasteiger partial charge in [0.2, 0.25) is 5.91 Å². The highest BCUT2D eigenvalue weighted by Crippen LogP contribution is 2.22. The first kappa shape index (κ1) is 17.6. The molecule has 25 heavy (non-hydrogen) atoms. The first-order valence-electron chi connectivity index (χ1n) is 8.88. The summed E-state index contributed by atoms with van der Waals surface area (Å²) >= 11 is 0. The van der Waals surface area contributed by atoms with Gasteiger partial charge in [-0.15, -0.1) is 0 Å². The maximum atomic E-state index is 12.5. The molecule has 1 amide bonds. The minimum atomic E-state index is -0.664. The smallest absolute Gasteiger partial charge is 0.226 e. The van der Waals surface area contributed by atoms with Crippen molar-refractivity contribution in [2.24, 2.45) is 5.92 Å². The number of carbonyl (C=O) groups excluding carboxylic acids is 1. The summed E-state index contributed by atoms with van der Waals surface area (Å²) in [4.78, 5) is 14.3. The molecule has 1 aliphatic rings. The van der Waals surface area contributed by atoms with Gasteiger partial charge >= 0.3 is 0 Å². The summed E-state index contributed by atoms with van der Waals surface area (Å²) in [6.45, 7) is 1.11. The van der Waals surface area contributed by atoms with Crippen LogP contribution in [0.15, 0.2) is 54.6 Å². The van der Waals surface area contributed by atoms with Crippen LogP contribution >= 0.6 is 0 Å². The molecule has 0 aliphatic carbocycles. The summed E-state index contributed by atoms with van der Waals surface area (Å²) in [5.41, 5.74) is 3.34. The van der Waals surface area contributed by atoms with E-state index in [0.717, 1.165) is 24.0 Å². The molecule has 3 rings (SSSR count). The Bertz CT molecular complexity index is 676. The molecular formula is C21H25NO3. The zero-order valence-electron chi connectivity index (χ0n) is 14.3. The van der Waals surface area contributed by atoms with Crippen LogP contribution in [0.25, 0.3) is 11.1 Å². The largest absolute Gasteiger partial charge is 0.394 e. The van der Waals surface area contributed by atoms with E-state index in [9.17, 15) is 9.90 Å². The molecule has 1 aliphatic heterocycles. The molecule has 1 heterocycles. The highest BCUT2D eigenvalue weighted by atomic mass is 16.3. The van der Waals surface area contributed by atoms with Crippen molar-refractivity contribution in [2.75, 3.05) is 19.7 Å². The Morgan fingerprint density at radius 2 is 1.60 bits per heavy atom. The van der Waals surface area contributed by atoms with E-state index in [0.29, 0.717) is 19.5 Å². The molecular weight excluding hydrogens is 314 g/mol. The first-order chi connectivity index (χ1) is 12.2. The second-order valence-electron chi connectivity index (χ2n) is 6.71. The molecule has 0 radical (unpaired) electrons. The van der Waals surface area contributed by atoms with Crippen molar-refractivity contribution >= 4 is 5.91 Å². The topological polar surface area (TPSA) is 60.8 Å². The number of aliphatic hydroxyl groups excluding tert-OH is 2. The van der Waals surface area contributed by atoms with Crippen molar-refractivity contribution in [3.05, 3.63) is 60.2 Å². The number of aliphatic hydroxyl groups is 2. The molecule has 0 bridgehead atoms. The van der Waals surface area contributed by atoms with Gasteiger partial charge in [-0.2, -0.15) is 0 Å². The van der Waals surface area contributed by atoms with Gasteiger partial charge in [-0.05, 0) is 35.4 Å². The van der Waals surface area contributed by atoms with Gasteiger partial charge in [0.1, 0.15) is 0 Å². The second kappa shape index (κ2) is 8.28. The molecule has 132 valence electrons. The average Bonchev–Trinajstić information content (AvgIpc) is 2.68. The average molecular weight is 339 g/mol. The Labute approximate surface area is 148 Å². The van der Waals surface area contributed by atoms with Crippen LogP contribution in [-0.4, -0.2) is 46.8 Å². The summed E-state index contributed by atoms with van der Waals surface area (Å²) < 4.78 is 0. The van der Waals surface area contributed by atoms with Gasteiger partial charge in [0, 0.05) is 13.1 Å². The normalized spacial score (nSPS) is 16.6. The fraction of sp³-hybridized carbons (Fsp3) is 0.381. The maximum absolute atomic E-state index is 12.5. The van der Waals surface area contributed by atoms with E-state index in [4.69, 9.17) is 5.11 Å². The van der Waals surface area contributed by atoms with Gasteiger partial charge < -0.3 is 15.1 Å². The number of piperidine rings is 1. The Hall–Kier alpha value is -2.17. The minimum absolute atomic E-state index is 0.0965. The van der Waals surface area contributed by atoms with Crippen molar-refractivity contribution in [1.82, 2.24) is 4.90 Å². The van der Waals surface area contributed by atoms with Crippen LogP contribution in [0.5, 0.6) is 0 Å². The van der Waals surface area contributed by atoms with E-state index >= 15 is 0 Å². The molecule has 4 nitrogen and oxygen atoms in total. The maximum Gasteiger partial charge on any atom is 0.226 e. The van der Waals surface area contributed by atoms with Crippen LogP contribution in [0.2, 0.25) is 0 Å². The van der Waals surface area contributed by atoms with Crippen LogP contribution in [0.3, 0.4) is 0 Å². The van der Waals surface area contributed by atoms with Crippen LogP contribution in [0, 0.1) is 5.92 Å². The van der Waals surface area contributed by atoms with E-state index in [-0.39, 0.29) is 18.4 Å². The first-order valence-corrected chi connectivity index (χ1v) is 8.88. The molecule has 0 spiro atoms. The van der Waals surface area contributed by atoms with Gasteiger partial charge in [-0.3, -0.25) is 4.79 Å². The van der Waals surface area contributed by atoms with Gasteiger partial charge in [0.05, 0.1) is 19.1 Å². The summed E-state index contributed by atoms with van der Waals surface area (Å²) in [5, 5.41) is 18.7. The van der Waals surface area contributed by atoms with Crippen molar-refractivity contribution < 1.29 is 15.0 Å². The SMILES string of the molecule is O=C(Cc1ccc(-c2ccccc2)cc1)N1CCC(C(O)CO)CC1. The van der Waals surface area contributed by atoms with Crippen molar-refractivity contribution in [3.8, 4) is 11.1 Å². The van der Waals surface area contributed by atoms with Crippen LogP contribution in [0.1, 0.15) is 18.4 Å². The number of nitrogens with zero attached hydrogens (tertiary/aromatic N) is 1.